The molecule has 0 radical (unpaired) electrons. The summed E-state index contributed by atoms with van der Waals surface area (Å²) in [6.07, 6.45) is 0.449. The molecule has 3 aromatic carbocycles. The number of hydrogen-bond donors (Lipinski definition) is 1. The lowest BCUT2D eigenvalue weighted by atomic mass is 9.99. The van der Waals surface area contributed by atoms with E-state index in [1.54, 1.807) is 6.92 Å². The third-order valence-corrected chi connectivity index (χ3v) is 4.41. The van der Waals surface area contributed by atoms with E-state index in [-0.39, 0.29) is 5.97 Å². The Labute approximate surface area is 165 Å². The van der Waals surface area contributed by atoms with E-state index in [0.717, 1.165) is 28.0 Å². The van der Waals surface area contributed by atoms with Gasteiger partial charge in [-0.05, 0) is 47.7 Å². The topological polar surface area (TPSA) is 61.5 Å². The molecule has 3 aromatic rings. The summed E-state index contributed by atoms with van der Waals surface area (Å²) >= 11 is 0. The molecule has 0 fully saturated rings. The molecule has 1 atom stereocenters. The minimum atomic E-state index is -0.649. The second kappa shape index (κ2) is 9.72. The highest BCUT2D eigenvalue weighted by atomic mass is 16.5. The molecule has 0 saturated heterocycles. The van der Waals surface area contributed by atoms with Crippen LogP contribution in [-0.4, -0.2) is 18.6 Å². The molecule has 144 valence electrons. The largest absolute Gasteiger partial charge is 0.489 e. The van der Waals surface area contributed by atoms with E-state index < -0.39 is 6.04 Å². The molecule has 0 bridgehead atoms. The minimum Gasteiger partial charge on any atom is -0.489 e. The SMILES string of the molecule is CCOC(=O)C(N)Cc1cccc(-c2ccc(OCc3ccccc3)cc2)c1. The van der Waals surface area contributed by atoms with Crippen LogP contribution in [0.2, 0.25) is 0 Å². The van der Waals surface area contributed by atoms with Crippen LogP contribution in [0.15, 0.2) is 78.9 Å². The smallest absolute Gasteiger partial charge is 0.323 e. The molecule has 0 heterocycles. The van der Waals surface area contributed by atoms with Crippen molar-refractivity contribution in [2.45, 2.75) is 26.0 Å². The summed E-state index contributed by atoms with van der Waals surface area (Å²) in [6.45, 7) is 2.66. The average Bonchev–Trinajstić information content (AvgIpc) is 2.74. The summed E-state index contributed by atoms with van der Waals surface area (Å²) < 4.78 is 10.8. The zero-order chi connectivity index (χ0) is 19.8. The van der Waals surface area contributed by atoms with Crippen LogP contribution in [0.25, 0.3) is 11.1 Å². The molecule has 3 rings (SSSR count). The molecule has 4 heteroatoms. The number of nitrogens with two attached hydrogens (primary N) is 1. The van der Waals surface area contributed by atoms with Gasteiger partial charge in [-0.15, -0.1) is 0 Å². The van der Waals surface area contributed by atoms with Crippen molar-refractivity contribution in [2.75, 3.05) is 6.61 Å². The summed E-state index contributed by atoms with van der Waals surface area (Å²) in [5.41, 5.74) is 10.2. The Morgan fingerprint density at radius 3 is 2.32 bits per heavy atom. The Bertz CT molecular complexity index is 891. The van der Waals surface area contributed by atoms with Crippen LogP contribution in [0, 0.1) is 0 Å². The van der Waals surface area contributed by atoms with Crippen molar-refractivity contribution in [2.24, 2.45) is 5.73 Å². The highest BCUT2D eigenvalue weighted by molar-refractivity contribution is 5.76. The van der Waals surface area contributed by atoms with Crippen molar-refractivity contribution in [1.29, 1.82) is 0 Å². The molecule has 0 aromatic heterocycles. The van der Waals surface area contributed by atoms with Crippen LogP contribution in [0.5, 0.6) is 5.75 Å². The number of rotatable bonds is 8. The lowest BCUT2D eigenvalue weighted by Gasteiger charge is -2.12. The number of ether oxygens (including phenoxy) is 2. The van der Waals surface area contributed by atoms with Gasteiger partial charge in [-0.3, -0.25) is 4.79 Å². The van der Waals surface area contributed by atoms with E-state index in [1.165, 1.54) is 0 Å². The number of esters is 1. The molecule has 0 amide bonds. The van der Waals surface area contributed by atoms with E-state index in [4.69, 9.17) is 15.2 Å². The van der Waals surface area contributed by atoms with Crippen LogP contribution in [0.4, 0.5) is 0 Å². The summed E-state index contributed by atoms with van der Waals surface area (Å²) in [7, 11) is 0. The van der Waals surface area contributed by atoms with E-state index >= 15 is 0 Å². The summed E-state index contributed by atoms with van der Waals surface area (Å²) in [5.74, 6) is 0.459. The second-order valence-corrected chi connectivity index (χ2v) is 6.56. The van der Waals surface area contributed by atoms with Crippen LogP contribution in [-0.2, 0) is 22.6 Å². The van der Waals surface area contributed by atoms with Gasteiger partial charge in [0.1, 0.15) is 18.4 Å². The molecule has 0 saturated carbocycles. The Hall–Kier alpha value is -3.11. The molecule has 0 aliphatic heterocycles. The molecular weight excluding hydrogens is 350 g/mol. The van der Waals surface area contributed by atoms with Gasteiger partial charge >= 0.3 is 5.97 Å². The van der Waals surface area contributed by atoms with Gasteiger partial charge in [0.15, 0.2) is 0 Å². The first-order valence-corrected chi connectivity index (χ1v) is 9.44. The van der Waals surface area contributed by atoms with E-state index in [1.807, 2.05) is 72.8 Å². The molecule has 1 unspecified atom stereocenters. The molecule has 0 aliphatic carbocycles. The van der Waals surface area contributed by atoms with Gasteiger partial charge in [0.2, 0.25) is 0 Å². The van der Waals surface area contributed by atoms with Gasteiger partial charge in [0, 0.05) is 0 Å². The van der Waals surface area contributed by atoms with Gasteiger partial charge in [-0.2, -0.15) is 0 Å². The first-order valence-electron chi connectivity index (χ1n) is 9.44. The van der Waals surface area contributed by atoms with Crippen molar-refractivity contribution in [3.05, 3.63) is 90.0 Å². The molecule has 0 aliphatic rings. The number of benzene rings is 3. The Kier molecular flexibility index (Phi) is 6.82. The van der Waals surface area contributed by atoms with Crippen molar-refractivity contribution >= 4 is 5.97 Å². The third kappa shape index (κ3) is 5.44. The van der Waals surface area contributed by atoms with E-state index in [9.17, 15) is 4.79 Å². The molecule has 0 spiro atoms. The Morgan fingerprint density at radius 1 is 0.893 bits per heavy atom. The maximum Gasteiger partial charge on any atom is 0.323 e. The monoisotopic (exact) mass is 375 g/mol. The fourth-order valence-corrected chi connectivity index (χ4v) is 2.95. The zero-order valence-corrected chi connectivity index (χ0v) is 16.0. The van der Waals surface area contributed by atoms with Gasteiger partial charge in [-0.1, -0.05) is 66.7 Å². The fraction of sp³-hybridized carbons (Fsp3) is 0.208. The van der Waals surface area contributed by atoms with E-state index in [2.05, 4.69) is 6.07 Å². The maximum absolute atomic E-state index is 11.7. The van der Waals surface area contributed by atoms with Crippen LogP contribution >= 0.6 is 0 Å². The Balaban J connectivity index is 1.64. The van der Waals surface area contributed by atoms with Crippen molar-refractivity contribution in [1.82, 2.24) is 0 Å². The van der Waals surface area contributed by atoms with Gasteiger partial charge in [-0.25, -0.2) is 0 Å². The lowest BCUT2D eigenvalue weighted by Crippen LogP contribution is -2.34. The molecule has 2 N–H and O–H groups in total. The maximum atomic E-state index is 11.7. The van der Waals surface area contributed by atoms with Crippen LogP contribution in [0.1, 0.15) is 18.1 Å². The van der Waals surface area contributed by atoms with Crippen molar-refractivity contribution < 1.29 is 14.3 Å². The summed E-state index contributed by atoms with van der Waals surface area (Å²) in [6, 6.07) is 25.5. The predicted molar refractivity (Wildman–Crippen MR) is 111 cm³/mol. The van der Waals surface area contributed by atoms with Gasteiger partial charge in [0.05, 0.1) is 6.61 Å². The van der Waals surface area contributed by atoms with Crippen LogP contribution in [0.3, 0.4) is 0 Å². The average molecular weight is 375 g/mol. The third-order valence-electron chi connectivity index (χ3n) is 4.41. The van der Waals surface area contributed by atoms with Crippen molar-refractivity contribution in [3.63, 3.8) is 0 Å². The summed E-state index contributed by atoms with van der Waals surface area (Å²) in [4.78, 5) is 11.7. The lowest BCUT2D eigenvalue weighted by molar-refractivity contribution is -0.144. The number of hydrogen-bond acceptors (Lipinski definition) is 4. The molecule has 4 nitrogen and oxygen atoms in total. The van der Waals surface area contributed by atoms with Gasteiger partial charge < -0.3 is 15.2 Å². The molecular formula is C24H25NO3. The first-order chi connectivity index (χ1) is 13.7. The zero-order valence-electron chi connectivity index (χ0n) is 16.0. The molecule has 28 heavy (non-hydrogen) atoms. The quantitative estimate of drug-likeness (QED) is 0.594. The number of carbonyl (C=O) groups excluding carboxylic acids is 1. The van der Waals surface area contributed by atoms with Crippen LogP contribution < -0.4 is 10.5 Å². The Morgan fingerprint density at radius 2 is 1.61 bits per heavy atom. The summed E-state index contributed by atoms with van der Waals surface area (Å²) in [5, 5.41) is 0. The second-order valence-electron chi connectivity index (χ2n) is 6.56. The normalized spacial score (nSPS) is 11.6. The number of carbonyl (C=O) groups is 1. The van der Waals surface area contributed by atoms with Gasteiger partial charge in [0.25, 0.3) is 0 Å². The highest BCUT2D eigenvalue weighted by Gasteiger charge is 2.15. The standard InChI is InChI=1S/C24H25NO3/c1-2-27-24(26)23(25)16-19-9-6-10-21(15-19)20-11-13-22(14-12-20)28-17-18-7-4-3-5-8-18/h3-15,23H,2,16-17,25H2,1H3. The van der Waals surface area contributed by atoms with Crippen molar-refractivity contribution in [3.8, 4) is 16.9 Å². The van der Waals surface area contributed by atoms with E-state index in [0.29, 0.717) is 19.6 Å². The minimum absolute atomic E-state index is 0.339. The first kappa shape index (κ1) is 19.6. The predicted octanol–water partition coefficient (Wildman–Crippen LogP) is 4.37. The fourth-order valence-electron chi connectivity index (χ4n) is 2.95. The highest BCUT2D eigenvalue weighted by Crippen LogP contribution is 2.24.